The molecule has 0 aliphatic carbocycles. The maximum absolute atomic E-state index is 13.1. The first-order valence-corrected chi connectivity index (χ1v) is 7.43. The zero-order valence-electron chi connectivity index (χ0n) is 13.6. The van der Waals surface area contributed by atoms with Crippen molar-refractivity contribution in [3.8, 4) is 0 Å². The highest BCUT2D eigenvalue weighted by atomic mass is 19.3. The van der Waals surface area contributed by atoms with Crippen LogP contribution in [-0.2, 0) is 18.4 Å². The number of aryl methyl sites for hydroxylation is 1. The number of hydrogen-bond donors (Lipinski definition) is 1. The smallest absolute Gasteiger partial charge is 0.284 e. The molecule has 0 fully saturated rings. The number of halogens is 2. The lowest BCUT2D eigenvalue weighted by atomic mass is 10.1. The Balaban J connectivity index is 2.19. The number of hydrogen-bond acceptors (Lipinski definition) is 3. The van der Waals surface area contributed by atoms with Crippen molar-refractivity contribution in [1.29, 1.82) is 0 Å². The standard InChI is InChI=1S/C15H21F2N5O/c1-9(2)7-22-8-11(13(20-22)14(16)17)19-15(23)10(3)12-5-6-18-21(12)4/h5-6,8-10,14H,7H2,1-4H3,(H,19,23). The lowest BCUT2D eigenvalue weighted by Crippen LogP contribution is -2.21. The molecular formula is C15H21F2N5O. The van der Waals surface area contributed by atoms with Crippen LogP contribution >= 0.6 is 0 Å². The lowest BCUT2D eigenvalue weighted by molar-refractivity contribution is -0.117. The van der Waals surface area contributed by atoms with Crippen molar-refractivity contribution in [3.05, 3.63) is 29.8 Å². The first kappa shape index (κ1) is 17.1. The van der Waals surface area contributed by atoms with Gasteiger partial charge in [0.05, 0.1) is 17.3 Å². The Morgan fingerprint density at radius 2 is 2.04 bits per heavy atom. The molecule has 1 atom stereocenters. The van der Waals surface area contributed by atoms with Crippen LogP contribution in [0.25, 0.3) is 0 Å². The zero-order valence-corrected chi connectivity index (χ0v) is 13.6. The van der Waals surface area contributed by atoms with Crippen molar-refractivity contribution in [2.24, 2.45) is 13.0 Å². The lowest BCUT2D eigenvalue weighted by Gasteiger charge is -2.12. The third-order valence-electron chi connectivity index (χ3n) is 3.50. The van der Waals surface area contributed by atoms with Gasteiger partial charge in [0.1, 0.15) is 0 Å². The Hall–Kier alpha value is -2.25. The maximum Gasteiger partial charge on any atom is 0.284 e. The van der Waals surface area contributed by atoms with Gasteiger partial charge >= 0.3 is 0 Å². The molecule has 2 rings (SSSR count). The Bertz CT molecular complexity index is 677. The fourth-order valence-corrected chi connectivity index (χ4v) is 2.35. The monoisotopic (exact) mass is 325 g/mol. The molecule has 8 heteroatoms. The van der Waals surface area contributed by atoms with E-state index in [0.717, 1.165) is 0 Å². The molecule has 1 unspecified atom stereocenters. The highest BCUT2D eigenvalue weighted by molar-refractivity contribution is 5.95. The van der Waals surface area contributed by atoms with Gasteiger partial charge in [-0.3, -0.25) is 14.2 Å². The van der Waals surface area contributed by atoms with Crippen LogP contribution in [0.5, 0.6) is 0 Å². The third kappa shape index (κ3) is 3.94. The van der Waals surface area contributed by atoms with Crippen LogP contribution in [0.3, 0.4) is 0 Å². The summed E-state index contributed by atoms with van der Waals surface area (Å²) in [4.78, 5) is 12.3. The molecule has 0 saturated carbocycles. The quantitative estimate of drug-likeness (QED) is 0.888. The Kier molecular flexibility index (Phi) is 5.12. The van der Waals surface area contributed by atoms with Gasteiger partial charge in [0.25, 0.3) is 6.43 Å². The van der Waals surface area contributed by atoms with Gasteiger partial charge in [0.15, 0.2) is 5.69 Å². The van der Waals surface area contributed by atoms with Gasteiger partial charge in [-0.05, 0) is 18.9 Å². The van der Waals surface area contributed by atoms with Gasteiger partial charge in [-0.25, -0.2) is 8.78 Å². The first-order valence-electron chi connectivity index (χ1n) is 7.43. The van der Waals surface area contributed by atoms with Crippen molar-refractivity contribution in [2.75, 3.05) is 5.32 Å². The summed E-state index contributed by atoms with van der Waals surface area (Å²) < 4.78 is 29.3. The van der Waals surface area contributed by atoms with E-state index in [1.165, 1.54) is 10.9 Å². The summed E-state index contributed by atoms with van der Waals surface area (Å²) in [5.74, 6) is -0.626. The number of aromatic nitrogens is 4. The number of nitrogens with zero attached hydrogens (tertiary/aromatic N) is 4. The average molecular weight is 325 g/mol. The molecule has 1 N–H and O–H groups in total. The highest BCUT2D eigenvalue weighted by Gasteiger charge is 2.24. The topological polar surface area (TPSA) is 64.7 Å². The summed E-state index contributed by atoms with van der Waals surface area (Å²) >= 11 is 0. The number of nitrogens with one attached hydrogen (secondary N) is 1. The molecule has 6 nitrogen and oxygen atoms in total. The number of carbonyl (C=O) groups is 1. The second kappa shape index (κ2) is 6.89. The number of amides is 1. The Morgan fingerprint density at radius 1 is 1.35 bits per heavy atom. The molecule has 0 spiro atoms. The van der Waals surface area contributed by atoms with E-state index >= 15 is 0 Å². The van der Waals surface area contributed by atoms with E-state index in [9.17, 15) is 13.6 Å². The number of anilines is 1. The predicted molar refractivity (Wildman–Crippen MR) is 82.3 cm³/mol. The van der Waals surface area contributed by atoms with Gasteiger partial charge in [-0.1, -0.05) is 13.8 Å². The fraction of sp³-hybridized carbons (Fsp3) is 0.533. The molecular weight excluding hydrogens is 304 g/mol. The second-order valence-electron chi connectivity index (χ2n) is 5.94. The van der Waals surface area contributed by atoms with Crippen molar-refractivity contribution in [3.63, 3.8) is 0 Å². The van der Waals surface area contributed by atoms with Gasteiger partial charge < -0.3 is 5.32 Å². The van der Waals surface area contributed by atoms with E-state index in [4.69, 9.17) is 0 Å². The maximum atomic E-state index is 13.1. The normalized spacial score (nSPS) is 12.9. The first-order chi connectivity index (χ1) is 10.8. The van der Waals surface area contributed by atoms with Crippen LogP contribution in [0.4, 0.5) is 14.5 Å². The van der Waals surface area contributed by atoms with Crippen molar-refractivity contribution in [2.45, 2.75) is 39.7 Å². The number of carbonyl (C=O) groups excluding carboxylic acids is 1. The van der Waals surface area contributed by atoms with Crippen LogP contribution < -0.4 is 5.32 Å². The molecule has 0 aliphatic heterocycles. The second-order valence-corrected chi connectivity index (χ2v) is 5.94. The summed E-state index contributed by atoms with van der Waals surface area (Å²) in [6.45, 7) is 6.14. The summed E-state index contributed by atoms with van der Waals surface area (Å²) in [5, 5.41) is 10.4. The molecule has 0 aromatic carbocycles. The molecule has 0 saturated heterocycles. The molecule has 0 aliphatic rings. The third-order valence-corrected chi connectivity index (χ3v) is 3.50. The van der Waals surface area contributed by atoms with Gasteiger partial charge in [-0.15, -0.1) is 0 Å². The van der Waals surface area contributed by atoms with E-state index < -0.39 is 18.0 Å². The molecule has 1 amide bonds. The minimum atomic E-state index is -2.74. The number of alkyl halides is 2. The van der Waals surface area contributed by atoms with Crippen LogP contribution in [0.1, 0.15) is 44.5 Å². The van der Waals surface area contributed by atoms with Crippen LogP contribution in [0.15, 0.2) is 18.5 Å². The molecule has 2 heterocycles. The zero-order chi connectivity index (χ0) is 17.1. The van der Waals surface area contributed by atoms with Crippen LogP contribution in [-0.4, -0.2) is 25.5 Å². The summed E-state index contributed by atoms with van der Waals surface area (Å²) in [6, 6.07) is 1.72. The molecule has 0 bridgehead atoms. The van der Waals surface area contributed by atoms with E-state index in [2.05, 4.69) is 15.5 Å². The Morgan fingerprint density at radius 3 is 2.57 bits per heavy atom. The van der Waals surface area contributed by atoms with Gasteiger partial charge in [-0.2, -0.15) is 10.2 Å². The van der Waals surface area contributed by atoms with E-state index in [1.807, 2.05) is 13.8 Å². The van der Waals surface area contributed by atoms with Crippen molar-refractivity contribution < 1.29 is 13.6 Å². The van der Waals surface area contributed by atoms with Crippen LogP contribution in [0, 0.1) is 5.92 Å². The number of rotatable bonds is 6. The largest absolute Gasteiger partial charge is 0.322 e. The van der Waals surface area contributed by atoms with E-state index in [-0.39, 0.29) is 17.5 Å². The Labute approximate surface area is 133 Å². The van der Waals surface area contributed by atoms with E-state index in [0.29, 0.717) is 12.2 Å². The van der Waals surface area contributed by atoms with Gasteiger partial charge in [0.2, 0.25) is 5.91 Å². The van der Waals surface area contributed by atoms with E-state index in [1.54, 1.807) is 30.9 Å². The van der Waals surface area contributed by atoms with Crippen LogP contribution in [0.2, 0.25) is 0 Å². The summed E-state index contributed by atoms with van der Waals surface area (Å²) in [7, 11) is 1.73. The molecule has 23 heavy (non-hydrogen) atoms. The molecule has 0 radical (unpaired) electrons. The average Bonchev–Trinajstić information content (AvgIpc) is 3.03. The minimum Gasteiger partial charge on any atom is -0.322 e. The minimum absolute atomic E-state index is 0.0552. The summed E-state index contributed by atoms with van der Waals surface area (Å²) in [6.07, 6.45) is 0.297. The summed E-state index contributed by atoms with van der Waals surface area (Å²) in [5.41, 5.74) is 0.353. The SMILES string of the molecule is CC(C)Cn1cc(NC(=O)C(C)c2ccnn2C)c(C(F)F)n1. The van der Waals surface area contributed by atoms with Crippen molar-refractivity contribution in [1.82, 2.24) is 19.6 Å². The highest BCUT2D eigenvalue weighted by Crippen LogP contribution is 2.27. The molecule has 2 aromatic heterocycles. The fourth-order valence-electron chi connectivity index (χ4n) is 2.35. The predicted octanol–water partition coefficient (Wildman–Crippen LogP) is 2.95. The van der Waals surface area contributed by atoms with Gasteiger partial charge in [0, 0.05) is 26.0 Å². The molecule has 126 valence electrons. The van der Waals surface area contributed by atoms with Crippen molar-refractivity contribution >= 4 is 11.6 Å². The molecule has 2 aromatic rings.